The summed E-state index contributed by atoms with van der Waals surface area (Å²) in [5.41, 5.74) is -0.659. The summed E-state index contributed by atoms with van der Waals surface area (Å²) in [6.45, 7) is 1.83. The highest BCUT2D eigenvalue weighted by atomic mass is 16.7. The fraction of sp³-hybridized carbons (Fsp3) is 0.511. The van der Waals surface area contributed by atoms with Gasteiger partial charge in [-0.05, 0) is 85.6 Å². The van der Waals surface area contributed by atoms with Crippen LogP contribution < -0.4 is 14.2 Å². The smallest absolute Gasteiger partial charge is 0.338 e. The molecule has 3 aliphatic carbocycles. The lowest BCUT2D eigenvalue weighted by Gasteiger charge is -2.62. The van der Waals surface area contributed by atoms with Gasteiger partial charge in [0.1, 0.15) is 68.0 Å². The van der Waals surface area contributed by atoms with E-state index in [-0.39, 0.29) is 62.6 Å². The summed E-state index contributed by atoms with van der Waals surface area (Å²) in [5, 5.41) is 0. The summed E-state index contributed by atoms with van der Waals surface area (Å²) in [6, 6.07) is 19.1. The van der Waals surface area contributed by atoms with Crippen LogP contribution in [0.4, 0.5) is 0 Å². The van der Waals surface area contributed by atoms with Crippen LogP contribution in [0.5, 0.6) is 17.2 Å². The first-order valence-corrected chi connectivity index (χ1v) is 20.9. The molecule has 64 heavy (non-hydrogen) atoms. The van der Waals surface area contributed by atoms with E-state index in [1.807, 2.05) is 0 Å². The van der Waals surface area contributed by atoms with Crippen LogP contribution in [0.15, 0.2) is 72.8 Å². The minimum absolute atomic E-state index is 0.0876. The Morgan fingerprint density at radius 3 is 1.50 bits per heavy atom. The second-order valence-corrected chi connectivity index (χ2v) is 16.0. The van der Waals surface area contributed by atoms with Crippen molar-refractivity contribution in [2.24, 2.45) is 23.2 Å². The van der Waals surface area contributed by atoms with Crippen LogP contribution in [0, 0.1) is 23.2 Å². The van der Waals surface area contributed by atoms with Gasteiger partial charge in [0, 0.05) is 64.1 Å². The molecule has 3 aromatic carbocycles. The highest BCUT2D eigenvalue weighted by Crippen LogP contribution is 2.61. The number of benzene rings is 3. The zero-order chi connectivity index (χ0) is 46.0. The highest BCUT2D eigenvalue weighted by molar-refractivity contribution is 5.91. The van der Waals surface area contributed by atoms with Crippen LogP contribution >= 0.6 is 0 Å². The second kappa shape index (κ2) is 21.8. The Kier molecular flexibility index (Phi) is 16.2. The Morgan fingerprint density at radius 1 is 0.547 bits per heavy atom. The van der Waals surface area contributed by atoms with Gasteiger partial charge >= 0.3 is 29.8 Å². The van der Waals surface area contributed by atoms with E-state index in [4.69, 9.17) is 56.8 Å². The van der Waals surface area contributed by atoms with Gasteiger partial charge in [-0.1, -0.05) is 0 Å². The zero-order valence-electron chi connectivity index (χ0n) is 37.0. The van der Waals surface area contributed by atoms with E-state index in [0.717, 1.165) is 0 Å². The molecule has 3 fully saturated rings. The first kappa shape index (κ1) is 47.7. The third-order valence-electron chi connectivity index (χ3n) is 12.3. The van der Waals surface area contributed by atoms with E-state index in [1.54, 1.807) is 72.8 Å². The van der Waals surface area contributed by atoms with Gasteiger partial charge in [0.25, 0.3) is 0 Å². The molecule has 0 radical (unpaired) electrons. The molecule has 346 valence electrons. The molecule has 0 unspecified atom stereocenters. The van der Waals surface area contributed by atoms with Gasteiger partial charge in [-0.2, -0.15) is 0 Å². The average molecular weight is 893 g/mol. The molecular weight excluding hydrogens is 836 g/mol. The Morgan fingerprint density at radius 2 is 1.02 bits per heavy atom. The van der Waals surface area contributed by atoms with Crippen molar-refractivity contribution in [2.45, 2.75) is 76.2 Å². The van der Waals surface area contributed by atoms with E-state index >= 15 is 0 Å². The SMILES string of the molecule is COCO[C@H]1C[C@H](OCOC)[C@H](OC(=O)c2ccc(OC)cc2)[C@@]2(COC(=O)c3ccc(OC)cc3)CC[C@@H]3[C@@H](OC(C)=O)[C@@H](OC(=O)c4ccc(OC)cc4)C[C@H](OC(C)=O)[C@@H]3[C@@H]12. The monoisotopic (exact) mass is 892 g/mol. The summed E-state index contributed by atoms with van der Waals surface area (Å²) in [7, 11) is 7.45. The average Bonchev–Trinajstić information content (AvgIpc) is 3.30. The van der Waals surface area contributed by atoms with E-state index in [9.17, 15) is 24.0 Å². The maximum atomic E-state index is 14.3. The number of carbonyl (C=O) groups excluding carboxylic acids is 5. The zero-order valence-corrected chi connectivity index (χ0v) is 37.0. The third-order valence-corrected chi connectivity index (χ3v) is 12.3. The first-order chi connectivity index (χ1) is 30.9. The van der Waals surface area contributed by atoms with Crippen molar-refractivity contribution in [1.29, 1.82) is 0 Å². The number of esters is 5. The fourth-order valence-corrected chi connectivity index (χ4v) is 9.69. The highest BCUT2D eigenvalue weighted by Gasteiger charge is 2.68. The minimum atomic E-state index is -1.33. The molecule has 3 aliphatic rings. The Labute approximate surface area is 371 Å². The third kappa shape index (κ3) is 10.8. The van der Waals surface area contributed by atoms with Crippen molar-refractivity contribution >= 4 is 29.8 Å². The maximum Gasteiger partial charge on any atom is 0.338 e. The minimum Gasteiger partial charge on any atom is -0.497 e. The van der Waals surface area contributed by atoms with Gasteiger partial charge in [-0.25, -0.2) is 14.4 Å². The number of rotatable bonds is 18. The number of methoxy groups -OCH3 is 5. The largest absolute Gasteiger partial charge is 0.497 e. The molecule has 0 spiro atoms. The van der Waals surface area contributed by atoms with Crippen molar-refractivity contribution < 1.29 is 80.8 Å². The molecule has 17 nitrogen and oxygen atoms in total. The van der Waals surface area contributed by atoms with Crippen molar-refractivity contribution in [1.82, 2.24) is 0 Å². The topological polar surface area (TPSA) is 196 Å². The molecule has 0 bridgehead atoms. The number of hydrogen-bond acceptors (Lipinski definition) is 17. The van der Waals surface area contributed by atoms with Crippen LogP contribution in [-0.2, 0) is 52.2 Å². The quantitative estimate of drug-likeness (QED) is 0.0869. The Balaban J connectivity index is 1.48. The molecule has 0 amide bonds. The molecule has 3 aromatic rings. The van der Waals surface area contributed by atoms with Crippen LogP contribution in [-0.4, -0.2) is 122 Å². The lowest BCUT2D eigenvalue weighted by atomic mass is 9.47. The second-order valence-electron chi connectivity index (χ2n) is 16.0. The number of fused-ring (bicyclic) bond motifs is 3. The molecule has 0 heterocycles. The summed E-state index contributed by atoms with van der Waals surface area (Å²) in [5.74, 6) is -3.85. The molecule has 17 heteroatoms. The van der Waals surface area contributed by atoms with Gasteiger partial charge < -0.3 is 56.8 Å². The summed E-state index contributed by atoms with van der Waals surface area (Å²) in [6.07, 6.45) is -5.48. The predicted molar refractivity (Wildman–Crippen MR) is 224 cm³/mol. The number of carbonyl (C=O) groups is 5. The molecular formula is C47H56O17. The van der Waals surface area contributed by atoms with Gasteiger partial charge in [0.05, 0.1) is 44.1 Å². The van der Waals surface area contributed by atoms with E-state index < -0.39 is 89.6 Å². The Bertz CT molecular complexity index is 2050. The molecule has 0 aromatic heterocycles. The lowest BCUT2D eigenvalue weighted by molar-refractivity contribution is -0.281. The van der Waals surface area contributed by atoms with Gasteiger partial charge in [0.2, 0.25) is 0 Å². The van der Waals surface area contributed by atoms with Crippen LogP contribution in [0.3, 0.4) is 0 Å². The lowest BCUT2D eigenvalue weighted by Crippen LogP contribution is -2.70. The molecule has 6 rings (SSSR count). The summed E-state index contributed by atoms with van der Waals surface area (Å²) < 4.78 is 70.6. The van der Waals surface area contributed by atoms with Gasteiger partial charge in [-0.3, -0.25) is 9.59 Å². The predicted octanol–water partition coefficient (Wildman–Crippen LogP) is 5.60. The number of hydrogen-bond donors (Lipinski definition) is 0. The molecule has 10 atom stereocenters. The van der Waals surface area contributed by atoms with Crippen molar-refractivity contribution in [3.05, 3.63) is 89.5 Å². The maximum absolute atomic E-state index is 14.3. The first-order valence-electron chi connectivity index (χ1n) is 20.9. The van der Waals surface area contributed by atoms with Crippen molar-refractivity contribution in [2.75, 3.05) is 55.7 Å². The molecule has 0 aliphatic heterocycles. The van der Waals surface area contributed by atoms with E-state index in [0.29, 0.717) is 17.2 Å². The van der Waals surface area contributed by atoms with Crippen LogP contribution in [0.2, 0.25) is 0 Å². The molecule has 0 N–H and O–H groups in total. The number of ether oxygens (including phenoxy) is 12. The molecule has 3 saturated carbocycles. The molecule has 0 saturated heterocycles. The summed E-state index contributed by atoms with van der Waals surface area (Å²) >= 11 is 0. The van der Waals surface area contributed by atoms with Gasteiger partial charge in [-0.15, -0.1) is 0 Å². The fourth-order valence-electron chi connectivity index (χ4n) is 9.69. The van der Waals surface area contributed by atoms with Crippen LogP contribution in [0.25, 0.3) is 0 Å². The van der Waals surface area contributed by atoms with Crippen molar-refractivity contribution in [3.8, 4) is 17.2 Å². The normalized spacial score (nSPS) is 27.1. The van der Waals surface area contributed by atoms with E-state index in [1.165, 1.54) is 49.4 Å². The Hall–Kier alpha value is -5.75. The van der Waals surface area contributed by atoms with Gasteiger partial charge in [0.15, 0.2) is 0 Å². The van der Waals surface area contributed by atoms with Crippen LogP contribution in [0.1, 0.15) is 70.6 Å². The standard InChI is InChI=1S/C47H56O17/c1-27(48)61-36-22-38(63-45(51)30-10-16-33(56-6)17-11-30)42(62-28(2)49)35-20-21-47(24-58-44(50)29-8-14-32(55-5)15-9-29)41(40(35)36)37(59-25-53-3)23-39(60-26-54-4)43(47)64-46(52)31-12-18-34(57-7)19-13-31/h8-19,35-43H,20-26H2,1-7H3/t35-,36-,37-,38-,39-,40+,41+,42+,43-,47+/m0/s1. The van der Waals surface area contributed by atoms with E-state index in [2.05, 4.69) is 0 Å². The summed E-state index contributed by atoms with van der Waals surface area (Å²) in [4.78, 5) is 68.0. The van der Waals surface area contributed by atoms with Crippen molar-refractivity contribution in [3.63, 3.8) is 0 Å².